The molecule has 0 aromatic heterocycles. The van der Waals surface area contributed by atoms with Gasteiger partial charge in [0.25, 0.3) is 0 Å². The zero-order valence-electron chi connectivity index (χ0n) is 21.7. The van der Waals surface area contributed by atoms with Gasteiger partial charge in [-0.25, -0.2) is 9.59 Å². The summed E-state index contributed by atoms with van der Waals surface area (Å²) in [6.45, 7) is 7.95. The molecule has 0 aliphatic carbocycles. The average Bonchev–Trinajstić information content (AvgIpc) is 2.96. The molecule has 0 radical (unpaired) electrons. The van der Waals surface area contributed by atoms with Crippen LogP contribution in [0, 0.1) is 0 Å². The summed E-state index contributed by atoms with van der Waals surface area (Å²) in [6, 6.07) is 21.0. The summed E-state index contributed by atoms with van der Waals surface area (Å²) < 4.78 is 10.9. The fourth-order valence-electron chi connectivity index (χ4n) is 3.90. The van der Waals surface area contributed by atoms with Crippen LogP contribution in [0.4, 0.5) is 0 Å². The molecule has 0 spiro atoms. The Balaban J connectivity index is 1.87. The lowest BCUT2D eigenvalue weighted by atomic mass is 9.96. The number of ether oxygens (including phenoxy) is 2. The molecule has 3 aromatic rings. The smallest absolute Gasteiger partial charge is 0.338 e. The molecule has 0 bridgehead atoms. The van der Waals surface area contributed by atoms with E-state index in [9.17, 15) is 14.4 Å². The number of hydrogen-bond donors (Lipinski definition) is 0. The predicted molar refractivity (Wildman–Crippen MR) is 150 cm³/mol. The Bertz CT molecular complexity index is 1210. The Morgan fingerprint density at radius 3 is 1.66 bits per heavy atom. The van der Waals surface area contributed by atoms with Crippen LogP contribution in [0.1, 0.15) is 75.2 Å². The molecule has 0 amide bonds. The van der Waals surface area contributed by atoms with Crippen molar-refractivity contribution in [1.82, 2.24) is 0 Å². The minimum absolute atomic E-state index is 0.110. The highest BCUT2D eigenvalue weighted by Crippen LogP contribution is 2.26. The van der Waals surface area contributed by atoms with Crippen molar-refractivity contribution in [3.8, 4) is 11.1 Å². The maximum Gasteiger partial charge on any atom is 0.338 e. The van der Waals surface area contributed by atoms with Crippen molar-refractivity contribution in [2.24, 2.45) is 0 Å². The van der Waals surface area contributed by atoms with E-state index in [1.807, 2.05) is 36.4 Å². The SMILES string of the molecule is C=CCCCCOC(=O)c1cc(C(=O)OCCCCC=C)cc(-c2cccc(C(=O)c3ccccc3)c2)c1. The summed E-state index contributed by atoms with van der Waals surface area (Å²) in [5, 5.41) is 0. The first kappa shape index (κ1) is 28.3. The van der Waals surface area contributed by atoms with Crippen molar-refractivity contribution < 1.29 is 23.9 Å². The summed E-state index contributed by atoms with van der Waals surface area (Å²) in [5.74, 6) is -1.13. The molecule has 0 saturated heterocycles. The van der Waals surface area contributed by atoms with E-state index in [0.717, 1.165) is 38.5 Å². The molecular weight excluding hydrogens is 476 g/mol. The van der Waals surface area contributed by atoms with Crippen molar-refractivity contribution in [3.63, 3.8) is 0 Å². The molecule has 38 heavy (non-hydrogen) atoms. The Morgan fingerprint density at radius 2 is 1.11 bits per heavy atom. The molecule has 0 heterocycles. The van der Waals surface area contributed by atoms with Crippen LogP contribution in [-0.4, -0.2) is 30.9 Å². The van der Waals surface area contributed by atoms with Crippen molar-refractivity contribution in [2.45, 2.75) is 38.5 Å². The number of rotatable bonds is 15. The molecular formula is C33H34O5. The standard InChI is InChI=1S/C33H34O5/c1-3-5-7-12-19-37-32(35)29-22-28(23-30(24-29)33(36)38-20-13-8-6-4-2)26-17-14-18-27(21-26)31(34)25-15-10-9-11-16-25/h3-4,9-11,14-18,21-24H,1-2,5-8,12-13,19-20H2. The molecule has 0 aliphatic heterocycles. The average molecular weight is 511 g/mol. The van der Waals surface area contributed by atoms with E-state index in [4.69, 9.17) is 9.47 Å². The van der Waals surface area contributed by atoms with Crippen LogP contribution in [-0.2, 0) is 9.47 Å². The van der Waals surface area contributed by atoms with Crippen LogP contribution >= 0.6 is 0 Å². The molecule has 3 rings (SSSR count). The van der Waals surface area contributed by atoms with E-state index in [1.165, 1.54) is 6.07 Å². The lowest BCUT2D eigenvalue weighted by Crippen LogP contribution is -2.11. The predicted octanol–water partition coefficient (Wildman–Crippen LogP) is 7.61. The van der Waals surface area contributed by atoms with Crippen molar-refractivity contribution in [2.75, 3.05) is 13.2 Å². The number of carbonyl (C=O) groups excluding carboxylic acids is 3. The summed E-state index contributed by atoms with van der Waals surface area (Å²) in [6.07, 6.45) is 8.57. The largest absolute Gasteiger partial charge is 0.462 e. The van der Waals surface area contributed by atoms with E-state index in [-0.39, 0.29) is 30.1 Å². The molecule has 5 heteroatoms. The molecule has 0 aliphatic rings. The molecule has 0 fully saturated rings. The van der Waals surface area contributed by atoms with E-state index < -0.39 is 11.9 Å². The third kappa shape index (κ3) is 8.41. The van der Waals surface area contributed by atoms with Gasteiger partial charge in [-0.05, 0) is 73.9 Å². The minimum Gasteiger partial charge on any atom is -0.462 e. The van der Waals surface area contributed by atoms with Gasteiger partial charge in [-0.2, -0.15) is 0 Å². The van der Waals surface area contributed by atoms with Crippen molar-refractivity contribution >= 4 is 17.7 Å². The molecule has 0 saturated carbocycles. The highest BCUT2D eigenvalue weighted by molar-refractivity contribution is 6.09. The lowest BCUT2D eigenvalue weighted by Gasteiger charge is -2.11. The molecule has 5 nitrogen and oxygen atoms in total. The van der Waals surface area contributed by atoms with Gasteiger partial charge in [0.05, 0.1) is 24.3 Å². The topological polar surface area (TPSA) is 69.7 Å². The second-order valence-electron chi connectivity index (χ2n) is 8.92. The lowest BCUT2D eigenvalue weighted by molar-refractivity contribution is 0.0497. The van der Waals surface area contributed by atoms with Crippen LogP contribution in [0.3, 0.4) is 0 Å². The number of ketones is 1. The van der Waals surface area contributed by atoms with Gasteiger partial charge in [0, 0.05) is 11.1 Å². The summed E-state index contributed by atoms with van der Waals surface area (Å²) in [7, 11) is 0. The van der Waals surface area contributed by atoms with Crippen LogP contribution in [0.5, 0.6) is 0 Å². The first-order valence-electron chi connectivity index (χ1n) is 12.9. The van der Waals surface area contributed by atoms with Gasteiger partial charge >= 0.3 is 11.9 Å². The normalized spacial score (nSPS) is 10.4. The van der Waals surface area contributed by atoms with Gasteiger partial charge in [-0.1, -0.05) is 60.7 Å². The van der Waals surface area contributed by atoms with Crippen molar-refractivity contribution in [3.05, 3.63) is 120 Å². The van der Waals surface area contributed by atoms with E-state index in [2.05, 4.69) is 13.2 Å². The van der Waals surface area contributed by atoms with Crippen LogP contribution in [0.2, 0.25) is 0 Å². The first-order valence-corrected chi connectivity index (χ1v) is 12.9. The van der Waals surface area contributed by atoms with Crippen molar-refractivity contribution in [1.29, 1.82) is 0 Å². The van der Waals surface area contributed by atoms with E-state index >= 15 is 0 Å². The van der Waals surface area contributed by atoms with Gasteiger partial charge in [0.15, 0.2) is 5.78 Å². The zero-order valence-corrected chi connectivity index (χ0v) is 21.7. The molecule has 3 aromatic carbocycles. The van der Waals surface area contributed by atoms with E-state index in [0.29, 0.717) is 22.3 Å². The molecule has 0 unspecified atom stereocenters. The van der Waals surface area contributed by atoms with Gasteiger partial charge in [0.2, 0.25) is 0 Å². The van der Waals surface area contributed by atoms with Gasteiger partial charge in [-0.15, -0.1) is 13.2 Å². The monoisotopic (exact) mass is 510 g/mol. The Labute approximate surface area is 224 Å². The molecule has 0 N–H and O–H groups in total. The van der Waals surface area contributed by atoms with Gasteiger partial charge in [-0.3, -0.25) is 4.79 Å². The Hall–Kier alpha value is -4.25. The number of unbranched alkanes of at least 4 members (excludes halogenated alkanes) is 4. The second-order valence-corrected chi connectivity index (χ2v) is 8.92. The number of hydrogen-bond acceptors (Lipinski definition) is 5. The number of benzene rings is 3. The van der Waals surface area contributed by atoms with Crippen LogP contribution in [0.25, 0.3) is 11.1 Å². The Kier molecular flexibility index (Phi) is 11.3. The van der Waals surface area contributed by atoms with Gasteiger partial charge in [0.1, 0.15) is 0 Å². The number of carbonyl (C=O) groups is 3. The molecule has 196 valence electrons. The fourth-order valence-corrected chi connectivity index (χ4v) is 3.90. The summed E-state index contributed by atoms with van der Waals surface area (Å²) in [4.78, 5) is 38.7. The fraction of sp³-hybridized carbons (Fsp3) is 0.242. The van der Waals surface area contributed by atoms with Gasteiger partial charge < -0.3 is 9.47 Å². The third-order valence-electron chi connectivity index (χ3n) is 5.97. The van der Waals surface area contributed by atoms with Crippen LogP contribution in [0.15, 0.2) is 98.1 Å². The number of allylic oxidation sites excluding steroid dienone is 2. The van der Waals surface area contributed by atoms with E-state index in [1.54, 1.807) is 42.5 Å². The maximum atomic E-state index is 13.0. The highest BCUT2D eigenvalue weighted by Gasteiger charge is 2.17. The summed E-state index contributed by atoms with van der Waals surface area (Å²) >= 11 is 0. The summed E-state index contributed by atoms with van der Waals surface area (Å²) in [5.41, 5.74) is 2.92. The maximum absolute atomic E-state index is 13.0. The third-order valence-corrected chi connectivity index (χ3v) is 5.97. The quantitative estimate of drug-likeness (QED) is 0.0911. The highest BCUT2D eigenvalue weighted by atomic mass is 16.5. The molecule has 0 atom stereocenters. The van der Waals surface area contributed by atoms with Crippen LogP contribution < -0.4 is 0 Å². The minimum atomic E-state index is -0.512. The zero-order chi connectivity index (χ0) is 27.2. The number of esters is 2. The second kappa shape index (κ2) is 15.1. The Morgan fingerprint density at radius 1 is 0.579 bits per heavy atom. The first-order chi connectivity index (χ1) is 18.5.